The number of nitrogens with zero attached hydrogens (tertiary/aromatic N) is 7. The average molecular weight is 642 g/mol. The van der Waals surface area contributed by atoms with Gasteiger partial charge < -0.3 is 4.90 Å². The van der Waals surface area contributed by atoms with Crippen molar-refractivity contribution in [3.8, 4) is 23.0 Å². The average Bonchev–Trinajstić information content (AvgIpc) is 3.39. The Morgan fingerprint density at radius 2 is 1.62 bits per heavy atom. The van der Waals surface area contributed by atoms with Crippen molar-refractivity contribution in [2.45, 2.75) is 46.5 Å². The van der Waals surface area contributed by atoms with E-state index in [1.54, 1.807) is 18.5 Å². The van der Waals surface area contributed by atoms with E-state index in [9.17, 15) is 9.59 Å². The maximum absolute atomic E-state index is 14.2. The summed E-state index contributed by atoms with van der Waals surface area (Å²) < 4.78 is 0. The van der Waals surface area contributed by atoms with Gasteiger partial charge in [0.15, 0.2) is 23.2 Å². The van der Waals surface area contributed by atoms with Gasteiger partial charge in [0, 0.05) is 49.9 Å². The third-order valence-electron chi connectivity index (χ3n) is 12.1. The van der Waals surface area contributed by atoms with E-state index in [0.717, 1.165) is 51.9 Å². The zero-order chi connectivity index (χ0) is 33.0. The number of aromatic nitrogens is 5. The van der Waals surface area contributed by atoms with Crippen molar-refractivity contribution in [3.05, 3.63) is 84.2 Å². The van der Waals surface area contributed by atoms with Gasteiger partial charge in [0.05, 0.1) is 6.54 Å². The molecular weight excluding hydrogens is 598 g/mol. The Balaban J connectivity index is 0.971. The number of carbonyl (C=O) groups excluding carboxylic acids is 2. The van der Waals surface area contributed by atoms with E-state index in [-0.39, 0.29) is 22.5 Å². The molecule has 246 valence electrons. The smallest absolute Gasteiger partial charge is 0.229 e. The van der Waals surface area contributed by atoms with Crippen LogP contribution in [0.2, 0.25) is 0 Å². The summed E-state index contributed by atoms with van der Waals surface area (Å²) in [4.78, 5) is 54.2. The second kappa shape index (κ2) is 11.9. The first-order chi connectivity index (χ1) is 23.2. The molecule has 5 aliphatic rings. The summed E-state index contributed by atoms with van der Waals surface area (Å²) >= 11 is 0. The number of pyridine rings is 2. The predicted molar refractivity (Wildman–Crippen MR) is 185 cm³/mol. The van der Waals surface area contributed by atoms with Crippen LogP contribution in [0.3, 0.4) is 0 Å². The van der Waals surface area contributed by atoms with Crippen LogP contribution in [-0.2, 0) is 9.59 Å². The highest BCUT2D eigenvalue weighted by Gasteiger charge is 2.59. The highest BCUT2D eigenvalue weighted by Crippen LogP contribution is 2.65. The largest absolute Gasteiger partial charge is 0.338 e. The molecule has 3 aromatic rings. The number of piperazine rings is 1. The number of rotatable bonds is 6. The Kier molecular flexibility index (Phi) is 7.70. The minimum atomic E-state index is -0.154. The first-order valence-corrected chi connectivity index (χ1v) is 17.5. The first-order valence-electron chi connectivity index (χ1n) is 17.5. The van der Waals surface area contributed by atoms with Crippen LogP contribution in [0.1, 0.15) is 46.5 Å². The first kappa shape index (κ1) is 30.9. The van der Waals surface area contributed by atoms with Gasteiger partial charge >= 0.3 is 0 Å². The van der Waals surface area contributed by atoms with E-state index in [1.807, 2.05) is 42.5 Å². The van der Waals surface area contributed by atoms with Gasteiger partial charge in [0.2, 0.25) is 5.95 Å². The summed E-state index contributed by atoms with van der Waals surface area (Å²) in [6.45, 7) is 10.4. The Morgan fingerprint density at radius 1 is 0.938 bits per heavy atom. The highest BCUT2D eigenvalue weighted by molar-refractivity contribution is 6.01. The van der Waals surface area contributed by atoms with Crippen molar-refractivity contribution in [2.24, 2.45) is 34.5 Å². The van der Waals surface area contributed by atoms with Crippen molar-refractivity contribution < 1.29 is 9.59 Å². The molecule has 0 unspecified atom stereocenters. The van der Waals surface area contributed by atoms with E-state index in [1.165, 1.54) is 11.1 Å². The lowest BCUT2D eigenvalue weighted by Crippen LogP contribution is -2.51. The Morgan fingerprint density at radius 3 is 2.27 bits per heavy atom. The van der Waals surface area contributed by atoms with Gasteiger partial charge in [-0.3, -0.25) is 24.5 Å². The standard InChI is InChI=1S/C39H43N7O2/c1-25-22-30-28-11-10-26-23-27(47)12-14-38(26,2)29(28)13-15-39(30,3)34(25)33(48)24-45-18-20-46(21-19-45)37-43-35(31-8-4-6-16-40-31)42-36(44-37)32-9-5-7-17-41-32/h4-9,12-14,16-17,23,25,28,30,34H,10-11,15,18-22,24H2,1-3H3/t25-,28-,30+,34-,38+,39+/m1/s1. The van der Waals surface area contributed by atoms with E-state index in [0.29, 0.717) is 59.1 Å². The van der Waals surface area contributed by atoms with Crippen molar-refractivity contribution in [1.82, 2.24) is 29.8 Å². The van der Waals surface area contributed by atoms with Crippen LogP contribution in [-0.4, -0.2) is 74.1 Å². The van der Waals surface area contributed by atoms with Crippen molar-refractivity contribution in [1.29, 1.82) is 0 Å². The summed E-state index contributed by atoms with van der Waals surface area (Å²) in [5.41, 5.74) is 3.93. The van der Waals surface area contributed by atoms with E-state index < -0.39 is 0 Å². The second-order valence-electron chi connectivity index (χ2n) is 14.9. The molecule has 4 aliphatic carbocycles. The molecule has 2 saturated carbocycles. The molecule has 0 amide bonds. The summed E-state index contributed by atoms with van der Waals surface area (Å²) in [7, 11) is 0. The zero-order valence-corrected chi connectivity index (χ0v) is 28.0. The minimum absolute atomic E-state index is 0.0348. The van der Waals surface area contributed by atoms with E-state index in [2.05, 4.69) is 52.7 Å². The number of Topliss-reactive ketones (excluding diaryl/α,β-unsaturated/α-hetero) is 1. The number of ketones is 2. The fourth-order valence-electron chi connectivity index (χ4n) is 9.73. The molecule has 48 heavy (non-hydrogen) atoms. The fourth-order valence-corrected chi connectivity index (χ4v) is 9.73. The van der Waals surface area contributed by atoms with Gasteiger partial charge in [0.25, 0.3) is 0 Å². The highest BCUT2D eigenvalue weighted by atomic mass is 16.1. The number of fused-ring (bicyclic) bond motifs is 5. The molecule has 4 heterocycles. The summed E-state index contributed by atoms with van der Waals surface area (Å²) in [5.74, 6) is 3.53. The van der Waals surface area contributed by atoms with Crippen LogP contribution >= 0.6 is 0 Å². The molecule has 9 heteroatoms. The van der Waals surface area contributed by atoms with Gasteiger partial charge in [0.1, 0.15) is 11.4 Å². The molecule has 3 fully saturated rings. The topological polar surface area (TPSA) is 105 Å². The van der Waals surface area contributed by atoms with E-state index >= 15 is 0 Å². The quantitative estimate of drug-likeness (QED) is 0.310. The fraction of sp³-hybridized carbons (Fsp3) is 0.462. The number of hydrogen-bond donors (Lipinski definition) is 0. The Bertz CT molecular complexity index is 1770. The van der Waals surface area contributed by atoms with Gasteiger partial charge in [-0.25, -0.2) is 4.98 Å². The monoisotopic (exact) mass is 641 g/mol. The van der Waals surface area contributed by atoms with Crippen LogP contribution in [0.4, 0.5) is 5.95 Å². The molecule has 0 radical (unpaired) electrons. The maximum atomic E-state index is 14.2. The number of carbonyl (C=O) groups is 2. The molecule has 1 saturated heterocycles. The number of hydrogen-bond acceptors (Lipinski definition) is 9. The Labute approximate surface area is 282 Å². The van der Waals surface area contributed by atoms with Crippen molar-refractivity contribution in [2.75, 3.05) is 37.6 Å². The molecule has 6 atom stereocenters. The molecule has 9 nitrogen and oxygen atoms in total. The molecule has 0 aromatic carbocycles. The number of allylic oxidation sites excluding steroid dienone is 6. The van der Waals surface area contributed by atoms with Gasteiger partial charge in [-0.2, -0.15) is 9.97 Å². The minimum Gasteiger partial charge on any atom is -0.338 e. The van der Waals surface area contributed by atoms with E-state index in [4.69, 9.17) is 15.0 Å². The molecule has 3 aromatic heterocycles. The SMILES string of the molecule is C[C@@H]1C[C@H]2[C@@H]3CCC4=CC(=O)C=C[C@]4(C)C3=CC[C@]2(C)[C@H]1C(=O)CN1CCN(c2nc(-c3ccccn3)nc(-c3ccccn3)n2)CC1. The van der Waals surface area contributed by atoms with Crippen molar-refractivity contribution >= 4 is 17.5 Å². The van der Waals surface area contributed by atoms with Crippen LogP contribution in [0, 0.1) is 34.5 Å². The molecule has 0 bridgehead atoms. The Hall–Kier alpha value is -4.37. The normalized spacial score (nSPS) is 31.4. The second-order valence-corrected chi connectivity index (χ2v) is 14.9. The van der Waals surface area contributed by atoms with Crippen LogP contribution in [0.15, 0.2) is 84.2 Å². The predicted octanol–water partition coefficient (Wildman–Crippen LogP) is 5.78. The molecule has 1 aliphatic heterocycles. The lowest BCUT2D eigenvalue weighted by molar-refractivity contribution is -0.129. The van der Waals surface area contributed by atoms with Crippen LogP contribution in [0.5, 0.6) is 0 Å². The van der Waals surface area contributed by atoms with Gasteiger partial charge in [-0.1, -0.05) is 49.3 Å². The summed E-state index contributed by atoms with van der Waals surface area (Å²) in [6, 6.07) is 11.4. The molecule has 0 N–H and O–H groups in total. The van der Waals surface area contributed by atoms with Crippen LogP contribution < -0.4 is 4.90 Å². The maximum Gasteiger partial charge on any atom is 0.229 e. The number of anilines is 1. The molecule has 0 spiro atoms. The van der Waals surface area contributed by atoms with Gasteiger partial charge in [-0.05, 0) is 92.2 Å². The summed E-state index contributed by atoms with van der Waals surface area (Å²) in [6.07, 6.45) is 15.8. The lowest BCUT2D eigenvalue weighted by atomic mass is 9.52. The third-order valence-corrected chi connectivity index (χ3v) is 12.1. The van der Waals surface area contributed by atoms with Crippen LogP contribution in [0.25, 0.3) is 23.0 Å². The summed E-state index contributed by atoms with van der Waals surface area (Å²) in [5, 5.41) is 0. The van der Waals surface area contributed by atoms with Gasteiger partial charge in [-0.15, -0.1) is 0 Å². The third kappa shape index (κ3) is 5.23. The molecular formula is C39H43N7O2. The van der Waals surface area contributed by atoms with Crippen molar-refractivity contribution in [3.63, 3.8) is 0 Å². The lowest BCUT2D eigenvalue weighted by Gasteiger charge is -2.52. The molecule has 8 rings (SSSR count). The zero-order valence-electron chi connectivity index (χ0n) is 28.0.